The quantitative estimate of drug-likeness (QED) is 0.603. The van der Waals surface area contributed by atoms with Crippen LogP contribution in [0.25, 0.3) is 0 Å². The van der Waals surface area contributed by atoms with Crippen LogP contribution in [-0.2, 0) is 6.42 Å². The van der Waals surface area contributed by atoms with Crippen molar-refractivity contribution >= 4 is 11.4 Å². The van der Waals surface area contributed by atoms with Crippen molar-refractivity contribution in [2.24, 2.45) is 0 Å². The molecule has 0 aliphatic rings. The number of nitrogens with zero attached hydrogens (tertiary/aromatic N) is 2. The Morgan fingerprint density at radius 1 is 1.14 bits per heavy atom. The summed E-state index contributed by atoms with van der Waals surface area (Å²) >= 11 is 0. The van der Waals surface area contributed by atoms with E-state index in [-0.39, 0.29) is 10.6 Å². The van der Waals surface area contributed by atoms with Gasteiger partial charge in [0.15, 0.2) is 0 Å². The van der Waals surface area contributed by atoms with Crippen LogP contribution in [0.4, 0.5) is 11.4 Å². The highest BCUT2D eigenvalue weighted by Gasteiger charge is 2.15. The fourth-order valence-corrected chi connectivity index (χ4v) is 2.24. The average molecular weight is 300 g/mol. The molecule has 0 aromatic heterocycles. The standard InChI is InChI=1S/C17H20N2O3/c1-4-22-16-9-5-13(6-10-16)11-14-7-8-15(18(2)3)12-17(14)19(20)21/h5-10,12H,4,11H2,1-3H3. The van der Waals surface area contributed by atoms with Crippen LogP contribution < -0.4 is 9.64 Å². The van der Waals surface area contributed by atoms with Crippen LogP contribution in [0, 0.1) is 10.1 Å². The lowest BCUT2D eigenvalue weighted by Crippen LogP contribution is -2.09. The summed E-state index contributed by atoms with van der Waals surface area (Å²) in [5, 5.41) is 11.3. The largest absolute Gasteiger partial charge is 0.494 e. The van der Waals surface area contributed by atoms with Crippen LogP contribution in [0.15, 0.2) is 42.5 Å². The molecule has 0 saturated heterocycles. The Morgan fingerprint density at radius 2 is 1.82 bits per heavy atom. The van der Waals surface area contributed by atoms with Crippen molar-refractivity contribution in [1.82, 2.24) is 0 Å². The van der Waals surface area contributed by atoms with E-state index >= 15 is 0 Å². The maximum atomic E-state index is 11.3. The minimum Gasteiger partial charge on any atom is -0.494 e. The molecule has 0 aliphatic carbocycles. The highest BCUT2D eigenvalue weighted by molar-refractivity contribution is 5.57. The number of rotatable bonds is 6. The van der Waals surface area contributed by atoms with Crippen molar-refractivity contribution in [3.8, 4) is 5.75 Å². The van der Waals surface area contributed by atoms with E-state index in [4.69, 9.17) is 4.74 Å². The van der Waals surface area contributed by atoms with Crippen LogP contribution in [-0.4, -0.2) is 25.6 Å². The molecule has 2 rings (SSSR count). The zero-order chi connectivity index (χ0) is 16.1. The molecule has 0 atom stereocenters. The predicted octanol–water partition coefficient (Wildman–Crippen LogP) is 3.65. The van der Waals surface area contributed by atoms with Gasteiger partial charge in [0.25, 0.3) is 5.69 Å². The minimum absolute atomic E-state index is 0.153. The molecular formula is C17H20N2O3. The highest BCUT2D eigenvalue weighted by Crippen LogP contribution is 2.27. The Bertz CT molecular complexity index is 651. The molecule has 0 spiro atoms. The minimum atomic E-state index is -0.323. The summed E-state index contributed by atoms with van der Waals surface area (Å²) < 4.78 is 5.40. The number of nitro benzene ring substituents is 1. The Labute approximate surface area is 130 Å². The number of nitro groups is 1. The van der Waals surface area contributed by atoms with Crippen molar-refractivity contribution < 1.29 is 9.66 Å². The third-order valence-electron chi connectivity index (χ3n) is 3.41. The molecule has 116 valence electrons. The van der Waals surface area contributed by atoms with Crippen LogP contribution in [0.5, 0.6) is 5.75 Å². The van der Waals surface area contributed by atoms with Crippen LogP contribution in [0.2, 0.25) is 0 Å². The summed E-state index contributed by atoms with van der Waals surface area (Å²) in [7, 11) is 3.73. The second kappa shape index (κ2) is 6.93. The van der Waals surface area contributed by atoms with E-state index in [1.54, 1.807) is 6.07 Å². The fraction of sp³-hybridized carbons (Fsp3) is 0.294. The molecule has 2 aromatic carbocycles. The zero-order valence-electron chi connectivity index (χ0n) is 13.1. The Kier molecular flexibility index (Phi) is 4.99. The maximum absolute atomic E-state index is 11.3. The highest BCUT2D eigenvalue weighted by atomic mass is 16.6. The lowest BCUT2D eigenvalue weighted by molar-refractivity contribution is -0.385. The van der Waals surface area contributed by atoms with Gasteiger partial charge in [0.1, 0.15) is 5.75 Å². The lowest BCUT2D eigenvalue weighted by atomic mass is 10.0. The van der Waals surface area contributed by atoms with E-state index < -0.39 is 0 Å². The Morgan fingerprint density at radius 3 is 2.36 bits per heavy atom. The first-order valence-corrected chi connectivity index (χ1v) is 7.17. The smallest absolute Gasteiger partial charge is 0.274 e. The monoisotopic (exact) mass is 300 g/mol. The molecule has 0 bridgehead atoms. The molecular weight excluding hydrogens is 280 g/mol. The third kappa shape index (κ3) is 3.75. The van der Waals surface area contributed by atoms with E-state index in [2.05, 4.69) is 0 Å². The van der Waals surface area contributed by atoms with E-state index in [9.17, 15) is 10.1 Å². The lowest BCUT2D eigenvalue weighted by Gasteiger charge is -2.13. The van der Waals surface area contributed by atoms with Crippen molar-refractivity contribution in [2.45, 2.75) is 13.3 Å². The summed E-state index contributed by atoms with van der Waals surface area (Å²) in [5.74, 6) is 0.809. The summed E-state index contributed by atoms with van der Waals surface area (Å²) in [6, 6.07) is 13.0. The first-order valence-electron chi connectivity index (χ1n) is 7.17. The van der Waals surface area contributed by atoms with Crippen LogP contribution >= 0.6 is 0 Å². The van der Waals surface area contributed by atoms with E-state index in [1.165, 1.54) is 0 Å². The van der Waals surface area contributed by atoms with Gasteiger partial charge in [-0.2, -0.15) is 0 Å². The van der Waals surface area contributed by atoms with Gasteiger partial charge in [-0.05, 0) is 36.8 Å². The zero-order valence-corrected chi connectivity index (χ0v) is 13.1. The summed E-state index contributed by atoms with van der Waals surface area (Å²) in [4.78, 5) is 12.8. The second-order valence-corrected chi connectivity index (χ2v) is 5.22. The summed E-state index contributed by atoms with van der Waals surface area (Å²) in [6.45, 7) is 2.56. The number of hydrogen-bond donors (Lipinski definition) is 0. The molecule has 5 heteroatoms. The second-order valence-electron chi connectivity index (χ2n) is 5.22. The Hall–Kier alpha value is -2.56. The van der Waals surface area contributed by atoms with Crippen molar-refractivity contribution in [3.05, 3.63) is 63.7 Å². The molecule has 2 aromatic rings. The van der Waals surface area contributed by atoms with E-state index in [1.807, 2.05) is 62.3 Å². The number of benzene rings is 2. The van der Waals surface area contributed by atoms with Gasteiger partial charge in [-0.15, -0.1) is 0 Å². The molecule has 0 aliphatic heterocycles. The van der Waals surface area contributed by atoms with Crippen LogP contribution in [0.1, 0.15) is 18.1 Å². The van der Waals surface area contributed by atoms with Crippen molar-refractivity contribution in [2.75, 3.05) is 25.6 Å². The molecule has 0 heterocycles. The predicted molar refractivity (Wildman–Crippen MR) is 87.8 cm³/mol. The molecule has 0 radical (unpaired) electrons. The molecule has 0 saturated carbocycles. The molecule has 5 nitrogen and oxygen atoms in total. The normalized spacial score (nSPS) is 10.3. The van der Waals surface area contributed by atoms with E-state index in [0.29, 0.717) is 18.6 Å². The summed E-state index contributed by atoms with van der Waals surface area (Å²) in [5.41, 5.74) is 2.70. The SMILES string of the molecule is CCOc1ccc(Cc2ccc(N(C)C)cc2[N+](=O)[O-])cc1. The van der Waals surface area contributed by atoms with Gasteiger partial charge in [-0.3, -0.25) is 10.1 Å². The van der Waals surface area contributed by atoms with Gasteiger partial charge < -0.3 is 9.64 Å². The van der Waals surface area contributed by atoms with Crippen molar-refractivity contribution in [3.63, 3.8) is 0 Å². The topological polar surface area (TPSA) is 55.6 Å². The first-order chi connectivity index (χ1) is 10.5. The van der Waals surface area contributed by atoms with Gasteiger partial charge in [0.2, 0.25) is 0 Å². The van der Waals surface area contributed by atoms with Crippen LogP contribution in [0.3, 0.4) is 0 Å². The molecule has 0 unspecified atom stereocenters. The molecule has 0 N–H and O–H groups in total. The van der Waals surface area contributed by atoms with Gasteiger partial charge in [-0.1, -0.05) is 12.1 Å². The molecule has 22 heavy (non-hydrogen) atoms. The van der Waals surface area contributed by atoms with E-state index in [0.717, 1.165) is 17.0 Å². The van der Waals surface area contributed by atoms with Gasteiger partial charge in [-0.25, -0.2) is 0 Å². The van der Waals surface area contributed by atoms with Crippen molar-refractivity contribution in [1.29, 1.82) is 0 Å². The fourth-order valence-electron chi connectivity index (χ4n) is 2.24. The molecule has 0 fully saturated rings. The van der Waals surface area contributed by atoms with Gasteiger partial charge >= 0.3 is 0 Å². The van der Waals surface area contributed by atoms with Gasteiger partial charge in [0, 0.05) is 37.8 Å². The molecule has 0 amide bonds. The number of anilines is 1. The first kappa shape index (κ1) is 15.8. The summed E-state index contributed by atoms with van der Waals surface area (Å²) in [6.07, 6.45) is 0.524. The van der Waals surface area contributed by atoms with Gasteiger partial charge in [0.05, 0.1) is 11.5 Å². The average Bonchev–Trinajstić information content (AvgIpc) is 2.49. The Balaban J connectivity index is 2.26. The maximum Gasteiger partial charge on any atom is 0.274 e. The number of ether oxygens (including phenoxy) is 1. The number of hydrogen-bond acceptors (Lipinski definition) is 4. The third-order valence-corrected chi connectivity index (χ3v) is 3.41.